The molecule has 2 heterocycles. The number of pyridine rings is 1. The number of rotatable bonds is 2. The van der Waals surface area contributed by atoms with Gasteiger partial charge in [0.1, 0.15) is 0 Å². The SMILES string of the molecule is Cc1cnccc1NC(=O)c1ccc(Cl)nn1. The fraction of sp³-hybridized carbons (Fsp3) is 0.0909. The summed E-state index contributed by atoms with van der Waals surface area (Å²) in [4.78, 5) is 15.7. The second kappa shape index (κ2) is 4.88. The molecule has 0 spiro atoms. The van der Waals surface area contributed by atoms with Crippen LogP contribution in [0.2, 0.25) is 5.15 Å². The van der Waals surface area contributed by atoms with Gasteiger partial charge in [0.2, 0.25) is 0 Å². The quantitative estimate of drug-likeness (QED) is 0.884. The maximum absolute atomic E-state index is 11.8. The maximum Gasteiger partial charge on any atom is 0.276 e. The molecule has 0 fully saturated rings. The molecule has 2 rings (SSSR count). The van der Waals surface area contributed by atoms with Crippen molar-refractivity contribution < 1.29 is 4.79 Å². The lowest BCUT2D eigenvalue weighted by molar-refractivity contribution is 0.102. The van der Waals surface area contributed by atoms with Crippen LogP contribution >= 0.6 is 11.6 Å². The summed E-state index contributed by atoms with van der Waals surface area (Å²) in [6, 6.07) is 4.75. The predicted octanol–water partition coefficient (Wildman–Crippen LogP) is 2.09. The van der Waals surface area contributed by atoms with Crippen LogP contribution in [0.15, 0.2) is 30.6 Å². The molecule has 1 N–H and O–H groups in total. The zero-order chi connectivity index (χ0) is 12.3. The molecule has 0 aliphatic heterocycles. The van der Waals surface area contributed by atoms with Crippen LogP contribution < -0.4 is 5.32 Å². The smallest absolute Gasteiger partial charge is 0.276 e. The van der Waals surface area contributed by atoms with E-state index in [9.17, 15) is 4.79 Å². The Labute approximate surface area is 103 Å². The Bertz CT molecular complexity index is 541. The van der Waals surface area contributed by atoms with E-state index in [1.165, 1.54) is 12.1 Å². The predicted molar refractivity (Wildman–Crippen MR) is 64.0 cm³/mol. The van der Waals surface area contributed by atoms with Gasteiger partial charge in [-0.05, 0) is 30.7 Å². The topological polar surface area (TPSA) is 67.8 Å². The summed E-state index contributed by atoms with van der Waals surface area (Å²) in [5, 5.41) is 10.3. The lowest BCUT2D eigenvalue weighted by atomic mass is 10.2. The first-order chi connectivity index (χ1) is 8.16. The second-order valence-electron chi connectivity index (χ2n) is 3.39. The van der Waals surface area contributed by atoms with Gasteiger partial charge in [0.15, 0.2) is 10.8 Å². The maximum atomic E-state index is 11.8. The summed E-state index contributed by atoms with van der Waals surface area (Å²) in [6.07, 6.45) is 3.28. The minimum atomic E-state index is -0.330. The van der Waals surface area contributed by atoms with E-state index >= 15 is 0 Å². The summed E-state index contributed by atoms with van der Waals surface area (Å²) in [6.45, 7) is 1.86. The van der Waals surface area contributed by atoms with Crippen LogP contribution in [-0.4, -0.2) is 21.1 Å². The third kappa shape index (κ3) is 2.76. The molecule has 2 aromatic rings. The number of carbonyl (C=O) groups is 1. The largest absolute Gasteiger partial charge is 0.320 e. The zero-order valence-corrected chi connectivity index (χ0v) is 9.77. The molecule has 0 atom stereocenters. The van der Waals surface area contributed by atoms with Crippen molar-refractivity contribution in [2.45, 2.75) is 6.92 Å². The zero-order valence-electron chi connectivity index (χ0n) is 9.01. The third-order valence-electron chi connectivity index (χ3n) is 2.13. The van der Waals surface area contributed by atoms with Crippen LogP contribution in [-0.2, 0) is 0 Å². The van der Waals surface area contributed by atoms with E-state index in [1.54, 1.807) is 18.5 Å². The summed E-state index contributed by atoms with van der Waals surface area (Å²) >= 11 is 5.59. The second-order valence-corrected chi connectivity index (χ2v) is 3.77. The first-order valence-corrected chi connectivity index (χ1v) is 5.26. The van der Waals surface area contributed by atoms with Crippen LogP contribution in [0.4, 0.5) is 5.69 Å². The number of halogens is 1. The molecule has 5 nitrogen and oxygen atoms in total. The Kier molecular flexibility index (Phi) is 3.30. The molecule has 86 valence electrons. The minimum absolute atomic E-state index is 0.214. The monoisotopic (exact) mass is 248 g/mol. The van der Waals surface area contributed by atoms with Crippen LogP contribution in [0.3, 0.4) is 0 Å². The van der Waals surface area contributed by atoms with E-state index < -0.39 is 0 Å². The van der Waals surface area contributed by atoms with E-state index in [-0.39, 0.29) is 16.8 Å². The highest BCUT2D eigenvalue weighted by atomic mass is 35.5. The summed E-state index contributed by atoms with van der Waals surface area (Å²) in [5.74, 6) is -0.330. The van der Waals surface area contributed by atoms with Gasteiger partial charge in [-0.2, -0.15) is 0 Å². The van der Waals surface area contributed by atoms with Gasteiger partial charge in [-0.1, -0.05) is 11.6 Å². The lowest BCUT2D eigenvalue weighted by Gasteiger charge is -2.06. The Morgan fingerprint density at radius 1 is 1.29 bits per heavy atom. The normalized spacial score (nSPS) is 10.0. The summed E-state index contributed by atoms with van der Waals surface area (Å²) in [7, 11) is 0. The van der Waals surface area contributed by atoms with Crippen molar-refractivity contribution in [2.24, 2.45) is 0 Å². The molecule has 2 aromatic heterocycles. The molecular formula is C11H9ClN4O. The number of nitrogens with zero attached hydrogens (tertiary/aromatic N) is 3. The molecular weight excluding hydrogens is 240 g/mol. The van der Waals surface area contributed by atoms with Crippen LogP contribution in [0, 0.1) is 6.92 Å². The lowest BCUT2D eigenvalue weighted by Crippen LogP contribution is -2.15. The Hall–Kier alpha value is -2.01. The number of amides is 1. The van der Waals surface area contributed by atoms with Crippen LogP contribution in [0.1, 0.15) is 16.1 Å². The molecule has 1 amide bonds. The van der Waals surface area contributed by atoms with Crippen LogP contribution in [0.5, 0.6) is 0 Å². The number of hydrogen-bond acceptors (Lipinski definition) is 4. The van der Waals surface area contributed by atoms with Crippen molar-refractivity contribution in [3.8, 4) is 0 Å². The standard InChI is InChI=1S/C11H9ClN4O/c1-7-6-13-5-4-8(7)14-11(17)9-2-3-10(12)16-15-9/h2-6H,1H3,(H,13,14,17). The van der Waals surface area contributed by atoms with E-state index in [0.717, 1.165) is 5.56 Å². The molecule has 0 unspecified atom stereocenters. The van der Waals surface area contributed by atoms with Gasteiger partial charge in [0, 0.05) is 18.1 Å². The Morgan fingerprint density at radius 2 is 2.12 bits per heavy atom. The average molecular weight is 249 g/mol. The Balaban J connectivity index is 2.17. The van der Waals surface area contributed by atoms with Gasteiger partial charge in [-0.15, -0.1) is 10.2 Å². The van der Waals surface area contributed by atoms with Crippen molar-refractivity contribution in [1.29, 1.82) is 0 Å². The van der Waals surface area contributed by atoms with Gasteiger partial charge >= 0.3 is 0 Å². The Morgan fingerprint density at radius 3 is 2.76 bits per heavy atom. The molecule has 0 saturated heterocycles. The fourth-order valence-corrected chi connectivity index (χ4v) is 1.34. The number of hydrogen-bond donors (Lipinski definition) is 1. The van der Waals surface area contributed by atoms with Crippen molar-refractivity contribution >= 4 is 23.2 Å². The highest BCUT2D eigenvalue weighted by Crippen LogP contribution is 2.12. The number of carbonyl (C=O) groups excluding carboxylic acids is 1. The van der Waals surface area contributed by atoms with Crippen molar-refractivity contribution in [2.75, 3.05) is 5.32 Å². The van der Waals surface area contributed by atoms with Gasteiger partial charge in [-0.25, -0.2) is 0 Å². The molecule has 0 saturated carbocycles. The first kappa shape index (κ1) is 11.5. The number of aromatic nitrogens is 3. The summed E-state index contributed by atoms with van der Waals surface area (Å²) < 4.78 is 0. The highest BCUT2D eigenvalue weighted by molar-refractivity contribution is 6.29. The molecule has 0 aromatic carbocycles. The molecule has 0 radical (unpaired) electrons. The van der Waals surface area contributed by atoms with Gasteiger partial charge in [0.05, 0.1) is 0 Å². The van der Waals surface area contributed by atoms with Gasteiger partial charge < -0.3 is 5.32 Å². The fourth-order valence-electron chi connectivity index (χ4n) is 1.24. The van der Waals surface area contributed by atoms with Crippen molar-refractivity contribution in [1.82, 2.24) is 15.2 Å². The third-order valence-corrected chi connectivity index (χ3v) is 2.33. The molecule has 0 aliphatic rings. The average Bonchev–Trinajstić information content (AvgIpc) is 2.33. The molecule has 0 aliphatic carbocycles. The van der Waals surface area contributed by atoms with E-state index in [1.807, 2.05) is 6.92 Å². The van der Waals surface area contributed by atoms with E-state index in [2.05, 4.69) is 20.5 Å². The molecule has 6 heteroatoms. The van der Waals surface area contributed by atoms with Gasteiger partial charge in [-0.3, -0.25) is 9.78 Å². The van der Waals surface area contributed by atoms with Crippen molar-refractivity contribution in [3.63, 3.8) is 0 Å². The molecule has 17 heavy (non-hydrogen) atoms. The van der Waals surface area contributed by atoms with E-state index in [0.29, 0.717) is 5.69 Å². The highest BCUT2D eigenvalue weighted by Gasteiger charge is 2.09. The van der Waals surface area contributed by atoms with Crippen molar-refractivity contribution in [3.05, 3.63) is 47.0 Å². The first-order valence-electron chi connectivity index (χ1n) is 4.88. The molecule has 0 bridgehead atoms. The summed E-state index contributed by atoms with van der Waals surface area (Å²) in [5.41, 5.74) is 1.79. The number of aryl methyl sites for hydroxylation is 1. The number of nitrogens with one attached hydrogen (secondary N) is 1. The van der Waals surface area contributed by atoms with Gasteiger partial charge in [0.25, 0.3) is 5.91 Å². The number of anilines is 1. The van der Waals surface area contributed by atoms with Crippen LogP contribution in [0.25, 0.3) is 0 Å². The van der Waals surface area contributed by atoms with E-state index in [4.69, 9.17) is 11.6 Å². The minimum Gasteiger partial charge on any atom is -0.320 e.